The minimum Gasteiger partial charge on any atom is -0.397 e. The molecule has 2 aliphatic carbocycles. The van der Waals surface area contributed by atoms with Crippen molar-refractivity contribution in [3.05, 3.63) is 17.7 Å². The number of fused-ring (bicyclic) bond motifs is 1. The van der Waals surface area contributed by atoms with Crippen LogP contribution in [-0.4, -0.2) is 32.1 Å². The molecule has 4 N–H and O–H groups in total. The first-order chi connectivity index (χ1) is 13.0. The van der Waals surface area contributed by atoms with E-state index in [-0.39, 0.29) is 5.91 Å². The maximum atomic E-state index is 13.2. The number of nitrogen functional groups attached to an aromatic ring is 1. The highest BCUT2D eigenvalue weighted by molar-refractivity contribution is 6.02. The van der Waals surface area contributed by atoms with E-state index >= 15 is 0 Å². The van der Waals surface area contributed by atoms with E-state index in [4.69, 9.17) is 5.73 Å². The summed E-state index contributed by atoms with van der Waals surface area (Å²) in [5.41, 5.74) is 9.56. The van der Waals surface area contributed by atoms with Crippen LogP contribution in [0.3, 0.4) is 0 Å². The van der Waals surface area contributed by atoms with E-state index in [2.05, 4.69) is 28.5 Å². The Labute approximate surface area is 163 Å². The van der Waals surface area contributed by atoms with Crippen LogP contribution >= 0.6 is 0 Å². The van der Waals surface area contributed by atoms with Gasteiger partial charge in [-0.2, -0.15) is 0 Å². The zero-order chi connectivity index (χ0) is 19.0. The van der Waals surface area contributed by atoms with Crippen molar-refractivity contribution < 1.29 is 4.79 Å². The third-order valence-electron chi connectivity index (χ3n) is 7.10. The molecule has 3 fully saturated rings. The van der Waals surface area contributed by atoms with Crippen LogP contribution in [-0.2, 0) is 0 Å². The van der Waals surface area contributed by atoms with Gasteiger partial charge < -0.3 is 21.3 Å². The van der Waals surface area contributed by atoms with E-state index in [9.17, 15) is 4.79 Å². The standard InChI is InChI=1S/C22H34N4O/c1-14-6-8-17(9-7-14)25-22(27)18-10-19(23)20(24-2)11-21(18)26-12-15-4-3-5-16(15)13-26/h10-11,14-17,24H,3-9,12-13,23H2,1-2H3,(H,25,27)/t14-,15?,16?,17-. The van der Waals surface area contributed by atoms with Gasteiger partial charge in [-0.05, 0) is 68.4 Å². The Morgan fingerprint density at radius 3 is 2.37 bits per heavy atom. The van der Waals surface area contributed by atoms with Crippen molar-refractivity contribution in [1.29, 1.82) is 0 Å². The number of carbonyl (C=O) groups is 1. The molecule has 3 aliphatic rings. The van der Waals surface area contributed by atoms with Crippen molar-refractivity contribution >= 4 is 23.0 Å². The molecule has 1 aromatic rings. The van der Waals surface area contributed by atoms with Crippen LogP contribution in [0, 0.1) is 17.8 Å². The summed E-state index contributed by atoms with van der Waals surface area (Å²) in [5, 5.41) is 6.47. The molecule has 1 aliphatic heterocycles. The Morgan fingerprint density at radius 2 is 1.74 bits per heavy atom. The van der Waals surface area contributed by atoms with Crippen LogP contribution in [0.15, 0.2) is 12.1 Å². The fourth-order valence-corrected chi connectivity index (χ4v) is 5.36. The highest BCUT2D eigenvalue weighted by atomic mass is 16.1. The zero-order valence-electron chi connectivity index (χ0n) is 16.8. The average Bonchev–Trinajstić information content (AvgIpc) is 3.25. The molecule has 5 heteroatoms. The monoisotopic (exact) mass is 370 g/mol. The molecule has 5 nitrogen and oxygen atoms in total. The first-order valence-corrected chi connectivity index (χ1v) is 10.7. The third kappa shape index (κ3) is 3.74. The summed E-state index contributed by atoms with van der Waals surface area (Å²) in [5.74, 6) is 2.40. The average molecular weight is 371 g/mol. The van der Waals surface area contributed by atoms with E-state index in [1.807, 2.05) is 13.1 Å². The van der Waals surface area contributed by atoms with E-state index < -0.39 is 0 Å². The molecule has 1 amide bonds. The second-order valence-electron chi connectivity index (χ2n) is 8.99. The zero-order valence-corrected chi connectivity index (χ0v) is 16.8. The predicted octanol–water partition coefficient (Wildman–Crippen LogP) is 3.86. The minimum absolute atomic E-state index is 0.0379. The molecule has 148 valence electrons. The number of nitrogens with one attached hydrogen (secondary N) is 2. The van der Waals surface area contributed by atoms with Crippen LogP contribution in [0.5, 0.6) is 0 Å². The van der Waals surface area contributed by atoms with E-state index in [1.54, 1.807) is 0 Å². The van der Waals surface area contributed by atoms with Gasteiger partial charge in [0.25, 0.3) is 5.91 Å². The summed E-state index contributed by atoms with van der Waals surface area (Å²) in [6, 6.07) is 4.24. The predicted molar refractivity (Wildman–Crippen MR) is 112 cm³/mol. The number of amides is 1. The maximum Gasteiger partial charge on any atom is 0.253 e. The van der Waals surface area contributed by atoms with Gasteiger partial charge in [-0.3, -0.25) is 4.79 Å². The number of carbonyl (C=O) groups excluding carboxylic acids is 1. The summed E-state index contributed by atoms with van der Waals surface area (Å²) in [7, 11) is 1.89. The molecule has 2 saturated carbocycles. The van der Waals surface area contributed by atoms with Crippen molar-refractivity contribution in [2.24, 2.45) is 17.8 Å². The number of benzene rings is 1. The highest BCUT2D eigenvalue weighted by Gasteiger charge is 2.37. The summed E-state index contributed by atoms with van der Waals surface area (Å²) < 4.78 is 0. The SMILES string of the molecule is CNc1cc(N2CC3CCCC3C2)c(C(=O)N[C@H]2CC[C@H](C)CC2)cc1N. The maximum absolute atomic E-state index is 13.2. The molecule has 1 aromatic carbocycles. The van der Waals surface area contributed by atoms with Gasteiger partial charge >= 0.3 is 0 Å². The molecule has 27 heavy (non-hydrogen) atoms. The van der Waals surface area contributed by atoms with Crippen LogP contribution in [0.4, 0.5) is 17.1 Å². The van der Waals surface area contributed by atoms with E-state index in [0.29, 0.717) is 11.7 Å². The lowest BCUT2D eigenvalue weighted by Crippen LogP contribution is -2.38. The number of rotatable bonds is 4. The van der Waals surface area contributed by atoms with Gasteiger partial charge in [0.05, 0.1) is 22.6 Å². The second kappa shape index (κ2) is 7.61. The van der Waals surface area contributed by atoms with Crippen LogP contribution in [0.1, 0.15) is 62.2 Å². The first kappa shape index (κ1) is 18.5. The molecule has 2 atom stereocenters. The van der Waals surface area contributed by atoms with Crippen LogP contribution in [0.25, 0.3) is 0 Å². The molecule has 1 heterocycles. The Morgan fingerprint density at radius 1 is 1.07 bits per heavy atom. The normalized spacial score (nSPS) is 30.2. The largest absolute Gasteiger partial charge is 0.397 e. The lowest BCUT2D eigenvalue weighted by molar-refractivity contribution is 0.0923. The number of hydrogen-bond acceptors (Lipinski definition) is 4. The summed E-state index contributed by atoms with van der Waals surface area (Å²) in [6.07, 6.45) is 8.59. The van der Waals surface area contributed by atoms with Gasteiger partial charge in [-0.1, -0.05) is 13.3 Å². The molecule has 0 spiro atoms. The quantitative estimate of drug-likeness (QED) is 0.704. The number of hydrogen-bond donors (Lipinski definition) is 3. The highest BCUT2D eigenvalue weighted by Crippen LogP contribution is 2.41. The Balaban J connectivity index is 1.57. The molecule has 4 rings (SSSR count). The van der Waals surface area contributed by atoms with Gasteiger partial charge in [-0.25, -0.2) is 0 Å². The Kier molecular flexibility index (Phi) is 5.20. The lowest BCUT2D eigenvalue weighted by Gasteiger charge is -2.28. The van der Waals surface area contributed by atoms with Gasteiger partial charge in [0.2, 0.25) is 0 Å². The van der Waals surface area contributed by atoms with Crippen molar-refractivity contribution in [1.82, 2.24) is 5.32 Å². The van der Waals surface area contributed by atoms with Gasteiger partial charge in [0.15, 0.2) is 0 Å². The summed E-state index contributed by atoms with van der Waals surface area (Å²) in [6.45, 7) is 4.44. The van der Waals surface area contributed by atoms with Gasteiger partial charge in [0.1, 0.15) is 0 Å². The van der Waals surface area contributed by atoms with E-state index in [1.165, 1.54) is 32.1 Å². The first-order valence-electron chi connectivity index (χ1n) is 10.7. The van der Waals surface area contributed by atoms with Crippen molar-refractivity contribution in [2.75, 3.05) is 36.1 Å². The topological polar surface area (TPSA) is 70.4 Å². The van der Waals surface area contributed by atoms with Gasteiger partial charge in [-0.15, -0.1) is 0 Å². The molecule has 0 aromatic heterocycles. The smallest absolute Gasteiger partial charge is 0.253 e. The molecular weight excluding hydrogens is 336 g/mol. The Hall–Kier alpha value is -1.91. The number of nitrogens with zero attached hydrogens (tertiary/aromatic N) is 1. The molecule has 1 saturated heterocycles. The lowest BCUT2D eigenvalue weighted by atomic mass is 9.87. The Bertz CT molecular complexity index is 684. The molecule has 0 bridgehead atoms. The van der Waals surface area contributed by atoms with E-state index in [0.717, 1.165) is 60.6 Å². The minimum atomic E-state index is 0.0379. The van der Waals surface area contributed by atoms with Crippen molar-refractivity contribution in [3.8, 4) is 0 Å². The second-order valence-corrected chi connectivity index (χ2v) is 8.99. The number of anilines is 3. The third-order valence-corrected chi connectivity index (χ3v) is 7.10. The van der Waals surface area contributed by atoms with Crippen molar-refractivity contribution in [3.63, 3.8) is 0 Å². The summed E-state index contributed by atoms with van der Waals surface area (Å²) in [4.78, 5) is 15.6. The fraction of sp³-hybridized carbons (Fsp3) is 0.682. The van der Waals surface area contributed by atoms with Gasteiger partial charge in [0, 0.05) is 26.2 Å². The summed E-state index contributed by atoms with van der Waals surface area (Å²) >= 11 is 0. The number of nitrogens with two attached hydrogens (primary N) is 1. The molecule has 0 radical (unpaired) electrons. The van der Waals surface area contributed by atoms with Crippen LogP contribution < -0.4 is 21.3 Å². The fourth-order valence-electron chi connectivity index (χ4n) is 5.36. The van der Waals surface area contributed by atoms with Crippen LogP contribution in [0.2, 0.25) is 0 Å². The molecule has 2 unspecified atom stereocenters. The van der Waals surface area contributed by atoms with Crippen molar-refractivity contribution in [2.45, 2.75) is 57.9 Å². The molecular formula is C22H34N4O.